The molecule has 0 N–H and O–H groups in total. The second-order valence-corrected chi connectivity index (χ2v) is 5.54. The molecular weight excluding hydrogens is 292 g/mol. The molecular formula is C22H34N2. The molecule has 1 aliphatic heterocycles. The Kier molecular flexibility index (Phi) is 9.86. The van der Waals surface area contributed by atoms with Gasteiger partial charge in [-0.25, -0.2) is 0 Å². The van der Waals surface area contributed by atoms with Gasteiger partial charge in [-0.3, -0.25) is 4.90 Å². The Morgan fingerprint density at radius 1 is 0.708 bits per heavy atom. The largest absolute Gasteiger partial charge is 0.369 e. The molecule has 2 aromatic carbocycles. The summed E-state index contributed by atoms with van der Waals surface area (Å²) in [5, 5.41) is 0. The predicted octanol–water partition coefficient (Wildman–Crippen LogP) is 5.37. The fraction of sp³-hybridized carbons (Fsp3) is 0.455. The lowest BCUT2D eigenvalue weighted by atomic mass is 10.1. The van der Waals surface area contributed by atoms with Crippen LogP contribution in [-0.4, -0.2) is 31.1 Å². The summed E-state index contributed by atoms with van der Waals surface area (Å²) >= 11 is 0. The van der Waals surface area contributed by atoms with E-state index in [0.717, 1.165) is 32.7 Å². The summed E-state index contributed by atoms with van der Waals surface area (Å²) < 4.78 is 0. The Morgan fingerprint density at radius 2 is 1.25 bits per heavy atom. The topological polar surface area (TPSA) is 6.48 Å². The summed E-state index contributed by atoms with van der Waals surface area (Å²) in [4.78, 5) is 5.06. The highest BCUT2D eigenvalue weighted by atomic mass is 15.3. The number of nitrogens with zero attached hydrogens (tertiary/aromatic N) is 2. The van der Waals surface area contributed by atoms with Crippen molar-refractivity contribution in [1.82, 2.24) is 4.90 Å². The molecule has 0 spiro atoms. The molecule has 0 aromatic heterocycles. The zero-order chi connectivity index (χ0) is 17.8. The standard InChI is InChI=1S/C18H22N2.2C2H6/c1-16-7-5-6-10-18(16)20-13-11-19(12-14-20)15-17-8-3-2-4-9-17;2*1-2/h2-10H,11-15H2,1H3;2*1-2H3. The van der Waals surface area contributed by atoms with E-state index in [1.54, 1.807) is 0 Å². The van der Waals surface area contributed by atoms with Crippen molar-refractivity contribution in [2.45, 2.75) is 41.2 Å². The molecule has 24 heavy (non-hydrogen) atoms. The van der Waals surface area contributed by atoms with Gasteiger partial charge in [-0.1, -0.05) is 76.2 Å². The van der Waals surface area contributed by atoms with Crippen molar-refractivity contribution in [2.75, 3.05) is 31.1 Å². The first kappa shape index (κ1) is 20.2. The molecule has 3 rings (SSSR count). The highest BCUT2D eigenvalue weighted by molar-refractivity contribution is 5.53. The van der Waals surface area contributed by atoms with Gasteiger partial charge in [-0.2, -0.15) is 0 Å². The van der Waals surface area contributed by atoms with Crippen molar-refractivity contribution in [3.05, 3.63) is 65.7 Å². The molecule has 0 aliphatic carbocycles. The monoisotopic (exact) mass is 326 g/mol. The van der Waals surface area contributed by atoms with Crippen LogP contribution >= 0.6 is 0 Å². The second-order valence-electron chi connectivity index (χ2n) is 5.54. The first-order valence-corrected chi connectivity index (χ1v) is 9.40. The summed E-state index contributed by atoms with van der Waals surface area (Å²) in [6, 6.07) is 19.5. The van der Waals surface area contributed by atoms with Crippen molar-refractivity contribution >= 4 is 5.69 Å². The molecule has 1 saturated heterocycles. The predicted molar refractivity (Wildman–Crippen MR) is 108 cm³/mol. The van der Waals surface area contributed by atoms with Crippen molar-refractivity contribution in [3.63, 3.8) is 0 Å². The Labute approximate surface area is 149 Å². The van der Waals surface area contributed by atoms with Gasteiger partial charge >= 0.3 is 0 Å². The second kappa shape index (κ2) is 11.7. The van der Waals surface area contributed by atoms with E-state index in [0.29, 0.717) is 0 Å². The molecule has 1 fully saturated rings. The van der Waals surface area contributed by atoms with Crippen molar-refractivity contribution in [3.8, 4) is 0 Å². The van der Waals surface area contributed by atoms with Gasteiger partial charge in [0, 0.05) is 38.4 Å². The number of rotatable bonds is 3. The average Bonchev–Trinajstić information content (AvgIpc) is 2.67. The summed E-state index contributed by atoms with van der Waals surface area (Å²) in [6.45, 7) is 15.8. The van der Waals surface area contributed by atoms with E-state index in [4.69, 9.17) is 0 Å². The first-order valence-electron chi connectivity index (χ1n) is 9.40. The maximum atomic E-state index is 2.55. The van der Waals surface area contributed by atoms with Crippen LogP contribution < -0.4 is 4.90 Å². The first-order chi connectivity index (χ1) is 11.8. The molecule has 2 aromatic rings. The van der Waals surface area contributed by atoms with Gasteiger partial charge in [-0.05, 0) is 24.1 Å². The average molecular weight is 327 g/mol. The molecule has 0 bridgehead atoms. The van der Waals surface area contributed by atoms with E-state index in [9.17, 15) is 0 Å². The van der Waals surface area contributed by atoms with Crippen molar-refractivity contribution in [1.29, 1.82) is 0 Å². The third-order valence-electron chi connectivity index (χ3n) is 4.08. The van der Waals surface area contributed by atoms with E-state index in [-0.39, 0.29) is 0 Å². The number of piperazine rings is 1. The molecule has 1 aliphatic rings. The van der Waals surface area contributed by atoms with Crippen LogP contribution in [0.1, 0.15) is 38.8 Å². The Hall–Kier alpha value is -1.80. The normalized spacial score (nSPS) is 14.1. The van der Waals surface area contributed by atoms with E-state index < -0.39 is 0 Å². The SMILES string of the molecule is CC.CC.Cc1ccccc1N1CCN(Cc2ccccc2)CC1. The minimum absolute atomic E-state index is 1.07. The molecule has 0 atom stereocenters. The zero-order valence-corrected chi connectivity index (χ0v) is 16.1. The lowest BCUT2D eigenvalue weighted by Gasteiger charge is -2.36. The fourth-order valence-electron chi connectivity index (χ4n) is 2.91. The smallest absolute Gasteiger partial charge is 0.0396 e. The number of anilines is 1. The van der Waals surface area contributed by atoms with Crippen LogP contribution in [0.3, 0.4) is 0 Å². The van der Waals surface area contributed by atoms with Crippen LogP contribution in [0.2, 0.25) is 0 Å². The molecule has 0 amide bonds. The van der Waals surface area contributed by atoms with Gasteiger partial charge < -0.3 is 4.90 Å². The third-order valence-corrected chi connectivity index (χ3v) is 4.08. The molecule has 0 saturated carbocycles. The maximum Gasteiger partial charge on any atom is 0.0396 e. The van der Waals surface area contributed by atoms with Crippen LogP contribution in [0.25, 0.3) is 0 Å². The Morgan fingerprint density at radius 3 is 1.83 bits per heavy atom. The lowest BCUT2D eigenvalue weighted by Crippen LogP contribution is -2.46. The highest BCUT2D eigenvalue weighted by Crippen LogP contribution is 2.21. The van der Waals surface area contributed by atoms with Crippen LogP contribution in [-0.2, 0) is 6.54 Å². The molecule has 2 heteroatoms. The minimum Gasteiger partial charge on any atom is -0.369 e. The Balaban J connectivity index is 0.000000671. The highest BCUT2D eigenvalue weighted by Gasteiger charge is 2.17. The van der Waals surface area contributed by atoms with Crippen molar-refractivity contribution < 1.29 is 0 Å². The number of benzene rings is 2. The van der Waals surface area contributed by atoms with E-state index >= 15 is 0 Å². The van der Waals surface area contributed by atoms with E-state index in [1.165, 1.54) is 16.8 Å². The van der Waals surface area contributed by atoms with Gasteiger partial charge in [0.1, 0.15) is 0 Å². The van der Waals surface area contributed by atoms with Gasteiger partial charge in [-0.15, -0.1) is 0 Å². The van der Waals surface area contributed by atoms with Crippen LogP contribution in [0, 0.1) is 6.92 Å². The van der Waals surface area contributed by atoms with Gasteiger partial charge in [0.25, 0.3) is 0 Å². The molecule has 0 radical (unpaired) electrons. The van der Waals surface area contributed by atoms with Gasteiger partial charge in [0.15, 0.2) is 0 Å². The van der Waals surface area contributed by atoms with Crippen molar-refractivity contribution in [2.24, 2.45) is 0 Å². The lowest BCUT2D eigenvalue weighted by molar-refractivity contribution is 0.250. The van der Waals surface area contributed by atoms with E-state index in [2.05, 4.69) is 71.3 Å². The zero-order valence-electron chi connectivity index (χ0n) is 16.1. The summed E-state index contributed by atoms with van der Waals surface area (Å²) in [7, 11) is 0. The van der Waals surface area contributed by atoms with Crippen LogP contribution in [0.5, 0.6) is 0 Å². The van der Waals surface area contributed by atoms with Crippen LogP contribution in [0.4, 0.5) is 5.69 Å². The summed E-state index contributed by atoms with van der Waals surface area (Å²) in [5.74, 6) is 0. The fourth-order valence-corrected chi connectivity index (χ4v) is 2.91. The number of para-hydroxylation sites is 1. The number of aryl methyl sites for hydroxylation is 1. The van der Waals surface area contributed by atoms with Gasteiger partial charge in [0.05, 0.1) is 0 Å². The number of hydrogen-bond acceptors (Lipinski definition) is 2. The molecule has 0 unspecified atom stereocenters. The molecule has 132 valence electrons. The van der Waals surface area contributed by atoms with Crippen LogP contribution in [0.15, 0.2) is 54.6 Å². The van der Waals surface area contributed by atoms with E-state index in [1.807, 2.05) is 27.7 Å². The summed E-state index contributed by atoms with van der Waals surface area (Å²) in [6.07, 6.45) is 0. The minimum atomic E-state index is 1.07. The third kappa shape index (κ3) is 6.01. The molecule has 2 nitrogen and oxygen atoms in total. The number of hydrogen-bond donors (Lipinski definition) is 0. The summed E-state index contributed by atoms with van der Waals surface area (Å²) in [5.41, 5.74) is 4.19. The van der Waals surface area contributed by atoms with Gasteiger partial charge in [0.2, 0.25) is 0 Å². The maximum absolute atomic E-state index is 2.55. The Bertz CT molecular complexity index is 543. The molecule has 1 heterocycles. The quantitative estimate of drug-likeness (QED) is 0.748.